The normalized spacial score (nSPS) is 10.6. The van der Waals surface area contributed by atoms with Gasteiger partial charge in [0.1, 0.15) is 12.1 Å². The lowest BCUT2D eigenvalue weighted by atomic mass is 10.1. The number of nitrogens with zero attached hydrogens (tertiary/aromatic N) is 4. The average molecular weight is 251 g/mol. The Labute approximate surface area is 110 Å². The maximum atomic E-state index is 6.00. The third-order valence-electron chi connectivity index (χ3n) is 2.94. The van der Waals surface area contributed by atoms with Crippen molar-refractivity contribution in [3.05, 3.63) is 54.5 Å². The van der Waals surface area contributed by atoms with Crippen LogP contribution < -0.4 is 5.73 Å². The number of rotatable bonds is 2. The van der Waals surface area contributed by atoms with Gasteiger partial charge in [-0.2, -0.15) is 9.78 Å². The van der Waals surface area contributed by atoms with E-state index >= 15 is 0 Å². The van der Waals surface area contributed by atoms with E-state index in [1.165, 1.54) is 6.33 Å². The zero-order valence-electron chi connectivity index (χ0n) is 10.5. The molecule has 2 heterocycles. The first-order valence-corrected chi connectivity index (χ1v) is 5.93. The van der Waals surface area contributed by atoms with Gasteiger partial charge in [-0.25, -0.2) is 9.97 Å². The number of anilines is 1. The summed E-state index contributed by atoms with van der Waals surface area (Å²) in [5.74, 6) is 1.21. The van der Waals surface area contributed by atoms with Crippen molar-refractivity contribution in [2.45, 2.75) is 6.92 Å². The predicted molar refractivity (Wildman–Crippen MR) is 73.7 cm³/mol. The lowest BCUT2D eigenvalue weighted by Crippen LogP contribution is -2.03. The molecule has 5 heteroatoms. The number of aromatic nitrogens is 4. The minimum atomic E-state index is 0.553. The third kappa shape index (κ3) is 2.06. The van der Waals surface area contributed by atoms with Gasteiger partial charge in [-0.1, -0.05) is 24.3 Å². The Morgan fingerprint density at radius 3 is 2.74 bits per heavy atom. The van der Waals surface area contributed by atoms with Gasteiger partial charge in [-0.15, -0.1) is 0 Å². The van der Waals surface area contributed by atoms with Crippen LogP contribution in [0, 0.1) is 6.92 Å². The van der Waals surface area contributed by atoms with E-state index in [1.807, 2.05) is 24.3 Å². The van der Waals surface area contributed by atoms with Crippen LogP contribution >= 0.6 is 0 Å². The molecule has 0 aliphatic rings. The van der Waals surface area contributed by atoms with Crippen molar-refractivity contribution in [2.24, 2.45) is 0 Å². The lowest BCUT2D eigenvalue weighted by Gasteiger charge is -2.02. The summed E-state index contributed by atoms with van der Waals surface area (Å²) in [4.78, 5) is 8.04. The van der Waals surface area contributed by atoms with Crippen LogP contribution in [0.15, 0.2) is 48.9 Å². The van der Waals surface area contributed by atoms with Gasteiger partial charge in [-0.05, 0) is 12.5 Å². The van der Waals surface area contributed by atoms with Gasteiger partial charge in [0.25, 0.3) is 0 Å². The monoisotopic (exact) mass is 251 g/mol. The second-order valence-corrected chi connectivity index (χ2v) is 4.25. The molecule has 0 radical (unpaired) electrons. The Hall–Kier alpha value is -2.69. The highest BCUT2D eigenvalue weighted by molar-refractivity contribution is 5.66. The van der Waals surface area contributed by atoms with Crippen molar-refractivity contribution in [2.75, 3.05) is 5.73 Å². The molecule has 0 aliphatic heterocycles. The number of hydrogen-bond donors (Lipinski definition) is 1. The maximum Gasteiger partial charge on any atom is 0.159 e. The van der Waals surface area contributed by atoms with Gasteiger partial charge < -0.3 is 5.73 Å². The molecule has 94 valence electrons. The Morgan fingerprint density at radius 1 is 1.16 bits per heavy atom. The molecule has 5 nitrogen and oxygen atoms in total. The summed E-state index contributed by atoms with van der Waals surface area (Å²) in [6.45, 7) is 2.05. The molecule has 2 N–H and O–H groups in total. The lowest BCUT2D eigenvalue weighted by molar-refractivity contribution is 0.852. The van der Waals surface area contributed by atoms with Crippen LogP contribution in [0.25, 0.3) is 17.1 Å². The Morgan fingerprint density at radius 2 is 2.00 bits per heavy atom. The Balaban J connectivity index is 2.10. The smallest absolute Gasteiger partial charge is 0.159 e. The van der Waals surface area contributed by atoms with E-state index in [0.717, 1.165) is 16.8 Å². The highest BCUT2D eigenvalue weighted by atomic mass is 15.3. The molecule has 3 rings (SSSR count). The number of nitrogens with two attached hydrogens (primary N) is 1. The fourth-order valence-electron chi connectivity index (χ4n) is 1.98. The molecular formula is C14H13N5. The first-order chi connectivity index (χ1) is 9.25. The van der Waals surface area contributed by atoms with Crippen molar-refractivity contribution in [1.82, 2.24) is 19.7 Å². The average Bonchev–Trinajstić information content (AvgIpc) is 2.82. The van der Waals surface area contributed by atoms with Crippen molar-refractivity contribution < 1.29 is 0 Å². The fourth-order valence-corrected chi connectivity index (χ4v) is 1.98. The number of aryl methyl sites for hydroxylation is 1. The van der Waals surface area contributed by atoms with E-state index in [2.05, 4.69) is 28.1 Å². The highest BCUT2D eigenvalue weighted by Gasteiger charge is 2.10. The van der Waals surface area contributed by atoms with Crippen molar-refractivity contribution in [3.63, 3.8) is 0 Å². The SMILES string of the molecule is Cc1ccccc1-c1cc(N)n(-c2ccncn2)n1. The van der Waals surface area contributed by atoms with Crippen LogP contribution in [0.2, 0.25) is 0 Å². The summed E-state index contributed by atoms with van der Waals surface area (Å²) in [5, 5.41) is 4.51. The number of benzene rings is 1. The second-order valence-electron chi connectivity index (χ2n) is 4.25. The minimum Gasteiger partial charge on any atom is -0.384 e. The van der Waals surface area contributed by atoms with E-state index in [1.54, 1.807) is 16.9 Å². The molecule has 0 amide bonds. The topological polar surface area (TPSA) is 69.6 Å². The predicted octanol–water partition coefficient (Wildman–Crippen LogP) is 2.22. The van der Waals surface area contributed by atoms with Gasteiger partial charge in [0.15, 0.2) is 5.82 Å². The molecule has 0 bridgehead atoms. The van der Waals surface area contributed by atoms with Gasteiger partial charge >= 0.3 is 0 Å². The van der Waals surface area contributed by atoms with Crippen molar-refractivity contribution in [3.8, 4) is 17.1 Å². The van der Waals surface area contributed by atoms with Crippen LogP contribution in [0.4, 0.5) is 5.82 Å². The van der Waals surface area contributed by atoms with Crippen LogP contribution in [0.5, 0.6) is 0 Å². The molecule has 0 atom stereocenters. The Kier molecular flexibility index (Phi) is 2.72. The standard InChI is InChI=1S/C14H13N5/c1-10-4-2-3-5-11(10)12-8-13(15)19(18-12)14-6-7-16-9-17-14/h2-9H,15H2,1H3. The molecular weight excluding hydrogens is 238 g/mol. The summed E-state index contributed by atoms with van der Waals surface area (Å²) in [7, 11) is 0. The summed E-state index contributed by atoms with van der Waals surface area (Å²) >= 11 is 0. The Bertz CT molecular complexity index is 703. The van der Waals surface area contributed by atoms with E-state index < -0.39 is 0 Å². The molecule has 0 unspecified atom stereocenters. The summed E-state index contributed by atoms with van der Waals surface area (Å²) < 4.78 is 1.61. The van der Waals surface area contributed by atoms with Crippen LogP contribution in [-0.2, 0) is 0 Å². The minimum absolute atomic E-state index is 0.553. The second kappa shape index (κ2) is 4.53. The molecule has 0 saturated heterocycles. The van der Waals surface area contributed by atoms with Gasteiger partial charge in [0.2, 0.25) is 0 Å². The van der Waals surface area contributed by atoms with Gasteiger partial charge in [0, 0.05) is 23.9 Å². The molecule has 0 fully saturated rings. The van der Waals surface area contributed by atoms with E-state index in [-0.39, 0.29) is 0 Å². The third-order valence-corrected chi connectivity index (χ3v) is 2.94. The van der Waals surface area contributed by atoms with Crippen LogP contribution in [0.3, 0.4) is 0 Å². The summed E-state index contributed by atoms with van der Waals surface area (Å²) in [5.41, 5.74) is 9.08. The first-order valence-electron chi connectivity index (χ1n) is 5.93. The summed E-state index contributed by atoms with van der Waals surface area (Å²) in [6.07, 6.45) is 3.14. The quantitative estimate of drug-likeness (QED) is 0.758. The molecule has 0 saturated carbocycles. The molecule has 3 aromatic rings. The van der Waals surface area contributed by atoms with E-state index in [9.17, 15) is 0 Å². The molecule has 1 aromatic carbocycles. The molecule has 2 aromatic heterocycles. The highest BCUT2D eigenvalue weighted by Crippen LogP contribution is 2.24. The van der Waals surface area contributed by atoms with Crippen molar-refractivity contribution >= 4 is 5.82 Å². The fraction of sp³-hybridized carbons (Fsp3) is 0.0714. The largest absolute Gasteiger partial charge is 0.384 e. The summed E-state index contributed by atoms with van der Waals surface area (Å²) in [6, 6.07) is 11.7. The van der Waals surface area contributed by atoms with Crippen LogP contribution in [0.1, 0.15) is 5.56 Å². The van der Waals surface area contributed by atoms with E-state index in [4.69, 9.17) is 5.73 Å². The van der Waals surface area contributed by atoms with Gasteiger partial charge in [0.05, 0.1) is 5.69 Å². The number of hydrogen-bond acceptors (Lipinski definition) is 4. The molecule has 0 spiro atoms. The van der Waals surface area contributed by atoms with Crippen molar-refractivity contribution in [1.29, 1.82) is 0 Å². The number of nitrogen functional groups attached to an aromatic ring is 1. The van der Waals surface area contributed by atoms with E-state index in [0.29, 0.717) is 11.6 Å². The van der Waals surface area contributed by atoms with Gasteiger partial charge in [-0.3, -0.25) is 0 Å². The zero-order valence-corrected chi connectivity index (χ0v) is 10.5. The molecule has 19 heavy (non-hydrogen) atoms. The zero-order chi connectivity index (χ0) is 13.2. The molecule has 0 aliphatic carbocycles. The van der Waals surface area contributed by atoms with Crippen LogP contribution in [-0.4, -0.2) is 19.7 Å². The maximum absolute atomic E-state index is 6.00. The first kappa shape index (κ1) is 11.4.